The van der Waals surface area contributed by atoms with E-state index in [4.69, 9.17) is 17.3 Å². The Kier molecular flexibility index (Phi) is 5.87. The number of aromatic carboxylic acids is 1. The molecule has 1 aliphatic carbocycles. The molecule has 9 heteroatoms. The zero-order valence-corrected chi connectivity index (χ0v) is 19.4. The average Bonchev–Trinajstić information content (AvgIpc) is 3.30. The molecule has 0 radical (unpaired) electrons. The van der Waals surface area contributed by atoms with E-state index in [1.807, 2.05) is 23.1 Å². The summed E-state index contributed by atoms with van der Waals surface area (Å²) in [5.41, 5.74) is 8.08. The molecule has 1 fully saturated rings. The van der Waals surface area contributed by atoms with Crippen LogP contribution in [0.3, 0.4) is 0 Å². The molecular weight excluding hydrogens is 454 g/mol. The number of aromatic nitrogens is 3. The van der Waals surface area contributed by atoms with Gasteiger partial charge in [-0.25, -0.2) is 4.79 Å². The SMILES string of the molecule is NCC1(c2cccc(Cl)c2)CCC(N2CCn3c(nnc3-c3cccc(C(=O)O)c3)C2=O)CC1. The summed E-state index contributed by atoms with van der Waals surface area (Å²) < 4.78 is 1.79. The number of hydrogen-bond acceptors (Lipinski definition) is 5. The van der Waals surface area contributed by atoms with Gasteiger partial charge in [-0.2, -0.15) is 0 Å². The van der Waals surface area contributed by atoms with Crippen LogP contribution in [0.25, 0.3) is 11.4 Å². The van der Waals surface area contributed by atoms with Crippen LogP contribution < -0.4 is 5.73 Å². The van der Waals surface area contributed by atoms with Gasteiger partial charge in [0.05, 0.1) is 5.56 Å². The first-order chi connectivity index (χ1) is 16.4. The molecule has 0 saturated heterocycles. The Bertz CT molecular complexity index is 1250. The molecule has 1 saturated carbocycles. The largest absolute Gasteiger partial charge is 0.478 e. The van der Waals surface area contributed by atoms with Crippen molar-refractivity contribution in [1.82, 2.24) is 19.7 Å². The lowest BCUT2D eigenvalue weighted by Crippen LogP contribution is -2.50. The van der Waals surface area contributed by atoms with E-state index in [1.54, 1.807) is 22.8 Å². The summed E-state index contributed by atoms with van der Waals surface area (Å²) in [6.07, 6.45) is 3.49. The van der Waals surface area contributed by atoms with E-state index in [2.05, 4.69) is 16.3 Å². The van der Waals surface area contributed by atoms with E-state index < -0.39 is 5.97 Å². The van der Waals surface area contributed by atoms with Crippen LogP contribution in [0.4, 0.5) is 0 Å². The number of halogens is 1. The minimum atomic E-state index is -1.01. The van der Waals surface area contributed by atoms with E-state index in [-0.39, 0.29) is 22.9 Å². The summed E-state index contributed by atoms with van der Waals surface area (Å²) >= 11 is 6.23. The molecule has 176 valence electrons. The highest BCUT2D eigenvalue weighted by Crippen LogP contribution is 2.41. The van der Waals surface area contributed by atoms with Crippen molar-refractivity contribution in [2.45, 2.75) is 43.7 Å². The van der Waals surface area contributed by atoms with Crippen molar-refractivity contribution in [3.05, 3.63) is 70.5 Å². The van der Waals surface area contributed by atoms with Crippen molar-refractivity contribution < 1.29 is 14.7 Å². The van der Waals surface area contributed by atoms with E-state index >= 15 is 0 Å². The van der Waals surface area contributed by atoms with Gasteiger partial charge in [-0.1, -0.05) is 35.9 Å². The van der Waals surface area contributed by atoms with E-state index in [9.17, 15) is 14.7 Å². The zero-order chi connectivity index (χ0) is 23.9. The first-order valence-electron chi connectivity index (χ1n) is 11.5. The Morgan fingerprint density at radius 3 is 2.53 bits per heavy atom. The Morgan fingerprint density at radius 1 is 1.09 bits per heavy atom. The number of benzene rings is 2. The number of nitrogens with two attached hydrogens (primary N) is 1. The number of carbonyl (C=O) groups excluding carboxylic acids is 1. The topological polar surface area (TPSA) is 114 Å². The summed E-state index contributed by atoms with van der Waals surface area (Å²) in [6, 6.07) is 14.6. The lowest BCUT2D eigenvalue weighted by atomic mass is 9.68. The number of amides is 1. The second-order valence-corrected chi connectivity index (χ2v) is 9.55. The standard InChI is InChI=1S/C25H26ClN5O3/c26-19-6-2-5-18(14-19)25(15-27)9-7-20(8-10-25)30-11-12-31-21(28-29-22(31)23(30)32)16-3-1-4-17(13-16)24(33)34/h1-6,13-14,20H,7-12,15,27H2,(H,33,34). The van der Waals surface area contributed by atoms with Crippen LogP contribution in [0.1, 0.15) is 52.2 Å². The van der Waals surface area contributed by atoms with Crippen LogP contribution in [0.5, 0.6) is 0 Å². The van der Waals surface area contributed by atoms with E-state index in [0.29, 0.717) is 41.9 Å². The molecule has 8 nitrogen and oxygen atoms in total. The minimum Gasteiger partial charge on any atom is -0.478 e. The first kappa shape index (κ1) is 22.6. The maximum absolute atomic E-state index is 13.3. The maximum atomic E-state index is 13.3. The molecule has 0 atom stereocenters. The summed E-state index contributed by atoms with van der Waals surface area (Å²) in [6.45, 7) is 1.67. The zero-order valence-electron chi connectivity index (χ0n) is 18.7. The smallest absolute Gasteiger partial charge is 0.335 e. The van der Waals surface area contributed by atoms with Gasteiger partial charge in [0.15, 0.2) is 5.82 Å². The van der Waals surface area contributed by atoms with E-state index in [1.165, 1.54) is 11.6 Å². The quantitative estimate of drug-likeness (QED) is 0.578. The molecule has 1 aliphatic heterocycles. The third-order valence-corrected chi connectivity index (χ3v) is 7.55. The predicted octanol–water partition coefficient (Wildman–Crippen LogP) is 3.59. The lowest BCUT2D eigenvalue weighted by Gasteiger charge is -2.44. The number of carboxylic acids is 1. The van der Waals surface area contributed by atoms with Crippen molar-refractivity contribution in [3.63, 3.8) is 0 Å². The Morgan fingerprint density at radius 2 is 1.82 bits per heavy atom. The normalized spacial score (nSPS) is 22.5. The van der Waals surface area contributed by atoms with Crippen molar-refractivity contribution in [3.8, 4) is 11.4 Å². The number of carboxylic acid groups (broad SMARTS) is 1. The highest BCUT2D eigenvalue weighted by Gasteiger charge is 2.40. The second kappa shape index (κ2) is 8.85. The molecule has 2 aliphatic rings. The molecule has 2 aromatic carbocycles. The number of fused-ring (bicyclic) bond motifs is 1. The molecule has 1 amide bonds. The molecule has 3 N–H and O–H groups in total. The second-order valence-electron chi connectivity index (χ2n) is 9.11. The van der Waals surface area contributed by atoms with Crippen molar-refractivity contribution in [2.24, 2.45) is 5.73 Å². The molecular formula is C25H26ClN5O3. The van der Waals surface area contributed by atoms with Gasteiger partial charge in [0, 0.05) is 41.7 Å². The molecule has 34 heavy (non-hydrogen) atoms. The van der Waals surface area contributed by atoms with Crippen molar-refractivity contribution in [1.29, 1.82) is 0 Å². The van der Waals surface area contributed by atoms with E-state index in [0.717, 1.165) is 25.7 Å². The van der Waals surface area contributed by atoms with Gasteiger partial charge < -0.3 is 20.3 Å². The van der Waals surface area contributed by atoms with Gasteiger partial charge in [-0.15, -0.1) is 10.2 Å². The lowest BCUT2D eigenvalue weighted by molar-refractivity contribution is 0.0523. The van der Waals surface area contributed by atoms with Crippen LogP contribution in [0, 0.1) is 0 Å². The predicted molar refractivity (Wildman–Crippen MR) is 128 cm³/mol. The van der Waals surface area contributed by atoms with Crippen LogP contribution in [-0.4, -0.2) is 55.8 Å². The van der Waals surface area contributed by atoms with Gasteiger partial charge in [0.2, 0.25) is 5.82 Å². The van der Waals surface area contributed by atoms with Crippen molar-refractivity contribution >= 4 is 23.5 Å². The minimum absolute atomic E-state index is 0.121. The highest BCUT2D eigenvalue weighted by atomic mass is 35.5. The monoisotopic (exact) mass is 479 g/mol. The van der Waals surface area contributed by atoms with Crippen molar-refractivity contribution in [2.75, 3.05) is 13.1 Å². The Hall–Kier alpha value is -3.23. The fourth-order valence-corrected chi connectivity index (χ4v) is 5.55. The number of nitrogens with zero attached hydrogens (tertiary/aromatic N) is 4. The van der Waals surface area contributed by atoms with Crippen LogP contribution in [-0.2, 0) is 12.0 Å². The van der Waals surface area contributed by atoms with Gasteiger partial charge in [-0.3, -0.25) is 4.79 Å². The van der Waals surface area contributed by atoms with Crippen LogP contribution >= 0.6 is 11.6 Å². The first-order valence-corrected chi connectivity index (χ1v) is 11.8. The molecule has 1 aromatic heterocycles. The Labute approximate surface area is 202 Å². The highest BCUT2D eigenvalue weighted by molar-refractivity contribution is 6.30. The maximum Gasteiger partial charge on any atom is 0.335 e. The van der Waals surface area contributed by atoms with Gasteiger partial charge in [-0.05, 0) is 55.5 Å². The molecule has 5 rings (SSSR count). The molecule has 0 unspecified atom stereocenters. The number of rotatable bonds is 5. The average molecular weight is 480 g/mol. The van der Waals surface area contributed by atoms with Gasteiger partial charge >= 0.3 is 5.97 Å². The molecule has 3 aromatic rings. The Balaban J connectivity index is 1.34. The van der Waals surface area contributed by atoms with Gasteiger partial charge in [0.1, 0.15) is 0 Å². The summed E-state index contributed by atoms with van der Waals surface area (Å²) in [5.74, 6) is -0.330. The summed E-state index contributed by atoms with van der Waals surface area (Å²) in [5, 5.41) is 18.4. The summed E-state index contributed by atoms with van der Waals surface area (Å²) in [4.78, 5) is 26.6. The molecule has 2 heterocycles. The third-order valence-electron chi connectivity index (χ3n) is 7.32. The van der Waals surface area contributed by atoms with Gasteiger partial charge in [0.25, 0.3) is 5.91 Å². The fourth-order valence-electron chi connectivity index (χ4n) is 5.36. The number of carbonyl (C=O) groups is 2. The van der Waals surface area contributed by atoms with Crippen LogP contribution in [0.15, 0.2) is 48.5 Å². The van der Waals surface area contributed by atoms with Crippen LogP contribution in [0.2, 0.25) is 5.02 Å². The summed E-state index contributed by atoms with van der Waals surface area (Å²) in [7, 11) is 0. The fraction of sp³-hybridized carbons (Fsp3) is 0.360. The molecule has 0 bridgehead atoms. The molecule has 0 spiro atoms. The number of hydrogen-bond donors (Lipinski definition) is 2. The third kappa shape index (κ3) is 3.86.